The second kappa shape index (κ2) is 9.17. The molecule has 0 aliphatic heterocycles. The lowest BCUT2D eigenvalue weighted by atomic mass is 9.97. The van der Waals surface area contributed by atoms with Gasteiger partial charge in [0, 0.05) is 6.04 Å². The van der Waals surface area contributed by atoms with Crippen molar-refractivity contribution in [3.8, 4) is 0 Å². The summed E-state index contributed by atoms with van der Waals surface area (Å²) in [5.41, 5.74) is 0. The summed E-state index contributed by atoms with van der Waals surface area (Å²) in [5.74, 6) is 0.849. The van der Waals surface area contributed by atoms with Crippen molar-refractivity contribution in [1.82, 2.24) is 10.2 Å². The van der Waals surface area contributed by atoms with Crippen molar-refractivity contribution in [3.05, 3.63) is 0 Å². The molecule has 0 aromatic carbocycles. The Balaban J connectivity index is 3.83. The molecule has 92 valence electrons. The lowest BCUT2D eigenvalue weighted by Gasteiger charge is -2.23. The first kappa shape index (κ1) is 14.9. The predicted octanol–water partition coefficient (Wildman–Crippen LogP) is 2.74. The summed E-state index contributed by atoms with van der Waals surface area (Å²) in [6, 6.07) is 0.710. The second-order valence-electron chi connectivity index (χ2n) is 4.99. The van der Waals surface area contributed by atoms with Gasteiger partial charge in [0.15, 0.2) is 0 Å². The van der Waals surface area contributed by atoms with Crippen molar-refractivity contribution in [2.75, 3.05) is 27.2 Å². The summed E-state index contributed by atoms with van der Waals surface area (Å²) < 4.78 is 0. The summed E-state index contributed by atoms with van der Waals surface area (Å²) >= 11 is 0. The van der Waals surface area contributed by atoms with Crippen LogP contribution in [0.15, 0.2) is 0 Å². The highest BCUT2D eigenvalue weighted by Gasteiger charge is 2.11. The van der Waals surface area contributed by atoms with Crippen LogP contribution in [0, 0.1) is 5.92 Å². The second-order valence-corrected chi connectivity index (χ2v) is 4.99. The Bertz CT molecular complexity index is 134. The molecule has 0 aliphatic carbocycles. The zero-order chi connectivity index (χ0) is 11.7. The van der Waals surface area contributed by atoms with Gasteiger partial charge >= 0.3 is 0 Å². The fraction of sp³-hybridized carbons (Fsp3) is 1.00. The van der Waals surface area contributed by atoms with Crippen LogP contribution in [-0.4, -0.2) is 38.1 Å². The van der Waals surface area contributed by atoms with E-state index >= 15 is 0 Å². The Morgan fingerprint density at radius 2 is 1.87 bits per heavy atom. The highest BCUT2D eigenvalue weighted by molar-refractivity contribution is 4.70. The average molecular weight is 214 g/mol. The summed E-state index contributed by atoms with van der Waals surface area (Å²) in [5, 5.41) is 3.66. The van der Waals surface area contributed by atoms with E-state index in [2.05, 4.69) is 45.1 Å². The molecule has 0 spiro atoms. The van der Waals surface area contributed by atoms with Gasteiger partial charge in [0.2, 0.25) is 0 Å². The summed E-state index contributed by atoms with van der Waals surface area (Å²) in [6.45, 7) is 9.23. The third-order valence-electron chi connectivity index (χ3n) is 2.99. The molecule has 15 heavy (non-hydrogen) atoms. The molecular weight excluding hydrogens is 184 g/mol. The maximum Gasteiger partial charge on any atom is 0.00817 e. The van der Waals surface area contributed by atoms with Crippen molar-refractivity contribution in [1.29, 1.82) is 0 Å². The van der Waals surface area contributed by atoms with E-state index in [-0.39, 0.29) is 0 Å². The number of hydrogen-bond acceptors (Lipinski definition) is 2. The minimum atomic E-state index is 0.710. The molecule has 0 bridgehead atoms. The lowest BCUT2D eigenvalue weighted by molar-refractivity contribution is 0.322. The molecule has 2 atom stereocenters. The van der Waals surface area contributed by atoms with Gasteiger partial charge in [-0.05, 0) is 52.4 Å². The standard InChI is InChI=1S/C13H30N2/c1-6-9-14-13(8-10-15(4)5)11-12(3)7-2/h12-14H,6-11H2,1-5H3. The minimum Gasteiger partial charge on any atom is -0.314 e. The van der Waals surface area contributed by atoms with Crippen molar-refractivity contribution in [3.63, 3.8) is 0 Å². The highest BCUT2D eigenvalue weighted by Crippen LogP contribution is 2.12. The Kier molecular flexibility index (Phi) is 9.12. The smallest absolute Gasteiger partial charge is 0.00817 e. The van der Waals surface area contributed by atoms with Gasteiger partial charge in [0.05, 0.1) is 0 Å². The maximum absolute atomic E-state index is 3.66. The van der Waals surface area contributed by atoms with E-state index in [1.165, 1.54) is 32.2 Å². The third-order valence-corrected chi connectivity index (χ3v) is 2.99. The van der Waals surface area contributed by atoms with Crippen LogP contribution in [0.4, 0.5) is 0 Å². The largest absolute Gasteiger partial charge is 0.314 e. The van der Waals surface area contributed by atoms with E-state index in [0.29, 0.717) is 6.04 Å². The van der Waals surface area contributed by atoms with E-state index in [0.717, 1.165) is 12.5 Å². The number of rotatable bonds is 9. The lowest BCUT2D eigenvalue weighted by Crippen LogP contribution is -2.34. The minimum absolute atomic E-state index is 0.710. The van der Waals surface area contributed by atoms with Gasteiger partial charge < -0.3 is 10.2 Å². The van der Waals surface area contributed by atoms with Crippen LogP contribution in [0.5, 0.6) is 0 Å². The van der Waals surface area contributed by atoms with Gasteiger partial charge in [0.1, 0.15) is 0 Å². The first-order valence-corrected chi connectivity index (χ1v) is 6.48. The van der Waals surface area contributed by atoms with Crippen LogP contribution in [0.2, 0.25) is 0 Å². The molecule has 0 rings (SSSR count). The van der Waals surface area contributed by atoms with Crippen LogP contribution >= 0.6 is 0 Å². The van der Waals surface area contributed by atoms with Crippen molar-refractivity contribution in [2.45, 2.75) is 52.5 Å². The quantitative estimate of drug-likeness (QED) is 0.635. The molecule has 1 N–H and O–H groups in total. The number of nitrogens with one attached hydrogen (secondary N) is 1. The van der Waals surface area contributed by atoms with E-state index in [9.17, 15) is 0 Å². The van der Waals surface area contributed by atoms with Crippen LogP contribution in [0.3, 0.4) is 0 Å². The normalized spacial score (nSPS) is 15.6. The monoisotopic (exact) mass is 214 g/mol. The molecule has 2 unspecified atom stereocenters. The molecule has 0 saturated heterocycles. The van der Waals surface area contributed by atoms with E-state index in [4.69, 9.17) is 0 Å². The van der Waals surface area contributed by atoms with Crippen molar-refractivity contribution in [2.24, 2.45) is 5.92 Å². The fourth-order valence-electron chi connectivity index (χ4n) is 1.72. The SMILES string of the molecule is CCCNC(CCN(C)C)CC(C)CC. The van der Waals surface area contributed by atoms with Crippen LogP contribution in [-0.2, 0) is 0 Å². The molecule has 2 heteroatoms. The molecule has 0 aromatic heterocycles. The molecule has 0 aliphatic rings. The molecule has 2 nitrogen and oxygen atoms in total. The first-order valence-electron chi connectivity index (χ1n) is 6.48. The molecule has 0 aromatic rings. The average Bonchev–Trinajstić information content (AvgIpc) is 2.21. The van der Waals surface area contributed by atoms with Crippen LogP contribution < -0.4 is 5.32 Å². The Morgan fingerprint density at radius 3 is 2.33 bits per heavy atom. The van der Waals surface area contributed by atoms with Gasteiger partial charge in [-0.25, -0.2) is 0 Å². The van der Waals surface area contributed by atoms with Gasteiger partial charge in [-0.1, -0.05) is 27.2 Å². The van der Waals surface area contributed by atoms with Gasteiger partial charge in [-0.15, -0.1) is 0 Å². The highest BCUT2D eigenvalue weighted by atomic mass is 15.1. The molecule has 0 radical (unpaired) electrons. The Labute approximate surface area is 96.4 Å². The van der Waals surface area contributed by atoms with Gasteiger partial charge in [-0.2, -0.15) is 0 Å². The fourth-order valence-corrected chi connectivity index (χ4v) is 1.72. The first-order chi connectivity index (χ1) is 7.10. The van der Waals surface area contributed by atoms with Crippen molar-refractivity contribution >= 4 is 0 Å². The number of hydrogen-bond donors (Lipinski definition) is 1. The molecular formula is C13H30N2. The van der Waals surface area contributed by atoms with Crippen molar-refractivity contribution < 1.29 is 0 Å². The molecule has 0 amide bonds. The molecule has 0 saturated carbocycles. The van der Waals surface area contributed by atoms with E-state index < -0.39 is 0 Å². The van der Waals surface area contributed by atoms with E-state index in [1.54, 1.807) is 0 Å². The summed E-state index contributed by atoms with van der Waals surface area (Å²) in [7, 11) is 4.31. The molecule has 0 heterocycles. The third kappa shape index (κ3) is 8.88. The summed E-state index contributed by atoms with van der Waals surface area (Å²) in [4.78, 5) is 2.28. The van der Waals surface area contributed by atoms with Crippen LogP contribution in [0.25, 0.3) is 0 Å². The zero-order valence-corrected chi connectivity index (χ0v) is 11.3. The van der Waals surface area contributed by atoms with E-state index in [1.807, 2.05) is 0 Å². The molecule has 0 fully saturated rings. The topological polar surface area (TPSA) is 15.3 Å². The Morgan fingerprint density at radius 1 is 1.20 bits per heavy atom. The number of nitrogens with zero attached hydrogens (tertiary/aromatic N) is 1. The maximum atomic E-state index is 3.66. The Hall–Kier alpha value is -0.0800. The van der Waals surface area contributed by atoms with Gasteiger partial charge in [0.25, 0.3) is 0 Å². The van der Waals surface area contributed by atoms with Crippen LogP contribution in [0.1, 0.15) is 46.5 Å². The predicted molar refractivity (Wildman–Crippen MR) is 69.3 cm³/mol. The zero-order valence-electron chi connectivity index (χ0n) is 11.3. The summed E-state index contributed by atoms with van der Waals surface area (Å²) in [6.07, 6.45) is 5.13. The van der Waals surface area contributed by atoms with Gasteiger partial charge in [-0.3, -0.25) is 0 Å².